The lowest BCUT2D eigenvalue weighted by atomic mass is 9.99. The summed E-state index contributed by atoms with van der Waals surface area (Å²) in [4.78, 5) is 22.4. The number of aromatic nitrogens is 2. The maximum Gasteiger partial charge on any atom is 0.259 e. The highest BCUT2D eigenvalue weighted by Crippen LogP contribution is 2.32. The minimum absolute atomic E-state index is 0.0252. The van der Waals surface area contributed by atoms with Crippen LogP contribution in [0.4, 0.5) is 10.1 Å². The molecule has 1 aliphatic heterocycles. The van der Waals surface area contributed by atoms with E-state index in [9.17, 15) is 14.3 Å². The van der Waals surface area contributed by atoms with Crippen molar-refractivity contribution in [2.75, 3.05) is 44.8 Å². The van der Waals surface area contributed by atoms with Gasteiger partial charge in [-0.05, 0) is 49.4 Å². The van der Waals surface area contributed by atoms with Gasteiger partial charge in [0, 0.05) is 57.4 Å². The van der Waals surface area contributed by atoms with Crippen LogP contribution in [0.2, 0.25) is 0 Å². The molecule has 1 fully saturated rings. The average molecular weight is 453 g/mol. The number of anilines is 1. The molecule has 1 saturated heterocycles. The molecule has 0 radical (unpaired) electrons. The van der Waals surface area contributed by atoms with E-state index >= 15 is 0 Å². The first kappa shape index (κ1) is 22.9. The Bertz CT molecular complexity index is 1130. The van der Waals surface area contributed by atoms with Crippen molar-refractivity contribution in [3.05, 3.63) is 87.9 Å². The van der Waals surface area contributed by atoms with Crippen LogP contribution in [0.25, 0.3) is 0 Å². The summed E-state index contributed by atoms with van der Waals surface area (Å²) in [6, 6.07) is 13.2. The van der Waals surface area contributed by atoms with E-state index in [1.54, 1.807) is 43.0 Å². The number of hydrogen-bond acceptors (Lipinski definition) is 6. The molecule has 1 atom stereocenters. The minimum Gasteiger partial charge on any atom is -0.507 e. The number of aryl methyl sites for hydroxylation is 1. The Morgan fingerprint density at radius 2 is 1.85 bits per heavy atom. The second-order valence-corrected chi connectivity index (χ2v) is 8.19. The van der Waals surface area contributed by atoms with Gasteiger partial charge in [0.25, 0.3) is 5.56 Å². The third-order valence-corrected chi connectivity index (χ3v) is 6.15. The summed E-state index contributed by atoms with van der Waals surface area (Å²) in [5, 5.41) is 10.9. The summed E-state index contributed by atoms with van der Waals surface area (Å²) in [5.41, 5.74) is 2.44. The number of aromatic hydroxyl groups is 1. The van der Waals surface area contributed by atoms with Gasteiger partial charge in [0.15, 0.2) is 0 Å². The molecule has 0 amide bonds. The Labute approximate surface area is 192 Å². The molecule has 1 aliphatic rings. The molecule has 174 valence electrons. The largest absolute Gasteiger partial charge is 0.507 e. The molecule has 1 aromatic carbocycles. The first-order valence-electron chi connectivity index (χ1n) is 11.1. The fourth-order valence-electron chi connectivity index (χ4n) is 4.43. The fraction of sp³-hybridized carbons (Fsp3) is 0.360. The van der Waals surface area contributed by atoms with E-state index in [1.807, 2.05) is 18.2 Å². The van der Waals surface area contributed by atoms with Gasteiger partial charge in [-0.1, -0.05) is 6.07 Å². The molecule has 8 heteroatoms. The lowest BCUT2D eigenvalue weighted by Crippen LogP contribution is -2.49. The highest BCUT2D eigenvalue weighted by Gasteiger charge is 2.32. The van der Waals surface area contributed by atoms with E-state index in [0.717, 1.165) is 5.69 Å². The highest BCUT2D eigenvalue weighted by atomic mass is 19.1. The van der Waals surface area contributed by atoms with Crippen LogP contribution in [0.3, 0.4) is 0 Å². The average Bonchev–Trinajstić information content (AvgIpc) is 2.83. The maximum absolute atomic E-state index is 13.5. The van der Waals surface area contributed by atoms with Crippen molar-refractivity contribution in [1.82, 2.24) is 14.5 Å². The van der Waals surface area contributed by atoms with E-state index < -0.39 is 6.04 Å². The summed E-state index contributed by atoms with van der Waals surface area (Å²) in [7, 11) is 1.60. The van der Waals surface area contributed by atoms with Crippen molar-refractivity contribution < 1.29 is 14.2 Å². The van der Waals surface area contributed by atoms with Crippen molar-refractivity contribution in [3.8, 4) is 5.75 Å². The molecule has 0 unspecified atom stereocenters. The van der Waals surface area contributed by atoms with Crippen LogP contribution in [-0.2, 0) is 11.3 Å². The summed E-state index contributed by atoms with van der Waals surface area (Å²) < 4.78 is 20.1. The lowest BCUT2D eigenvalue weighted by Gasteiger charge is -2.40. The predicted octanol–water partition coefficient (Wildman–Crippen LogP) is 2.95. The fourth-order valence-corrected chi connectivity index (χ4v) is 4.43. The standard InChI is InChI=1S/C25H29FN4O3/c1-18-17-22(31)23(25(32)30(18)15-16-33-2)24(21-5-3-4-10-27-21)29-13-11-28(12-14-29)20-8-6-19(26)7-9-20/h3-10,17,24,31H,11-16H2,1-2H3/t24-/m1/s1. The summed E-state index contributed by atoms with van der Waals surface area (Å²) in [5.74, 6) is -0.282. The smallest absolute Gasteiger partial charge is 0.259 e. The molecule has 3 heterocycles. The molecule has 33 heavy (non-hydrogen) atoms. The van der Waals surface area contributed by atoms with Gasteiger partial charge in [0.05, 0.1) is 23.9 Å². The van der Waals surface area contributed by atoms with E-state index in [2.05, 4.69) is 14.8 Å². The number of hydrogen-bond donors (Lipinski definition) is 1. The van der Waals surface area contributed by atoms with Crippen LogP contribution in [0, 0.1) is 12.7 Å². The van der Waals surface area contributed by atoms with Crippen molar-refractivity contribution in [2.45, 2.75) is 19.5 Å². The van der Waals surface area contributed by atoms with E-state index in [-0.39, 0.29) is 17.1 Å². The van der Waals surface area contributed by atoms with Crippen molar-refractivity contribution in [1.29, 1.82) is 0 Å². The van der Waals surface area contributed by atoms with E-state index in [0.29, 0.717) is 56.3 Å². The Kier molecular flexibility index (Phi) is 7.05. The topological polar surface area (TPSA) is 70.8 Å². The third-order valence-electron chi connectivity index (χ3n) is 6.15. The quantitative estimate of drug-likeness (QED) is 0.595. The van der Waals surface area contributed by atoms with Crippen molar-refractivity contribution >= 4 is 5.69 Å². The van der Waals surface area contributed by atoms with Gasteiger partial charge >= 0.3 is 0 Å². The first-order valence-corrected chi connectivity index (χ1v) is 11.1. The second kappa shape index (κ2) is 10.1. The number of rotatable bonds is 7. The summed E-state index contributed by atoms with van der Waals surface area (Å²) in [6.07, 6.45) is 1.70. The zero-order valence-electron chi connectivity index (χ0n) is 18.9. The third kappa shape index (κ3) is 4.91. The molecule has 0 aliphatic carbocycles. The Morgan fingerprint density at radius 1 is 1.12 bits per heavy atom. The normalized spacial score (nSPS) is 15.5. The molecule has 7 nitrogen and oxygen atoms in total. The number of ether oxygens (including phenoxy) is 1. The van der Waals surface area contributed by atoms with Gasteiger partial charge in [-0.25, -0.2) is 4.39 Å². The van der Waals surface area contributed by atoms with Crippen molar-refractivity contribution in [3.63, 3.8) is 0 Å². The van der Waals surface area contributed by atoms with Crippen LogP contribution in [0.5, 0.6) is 5.75 Å². The monoisotopic (exact) mass is 452 g/mol. The van der Waals surface area contributed by atoms with Crippen molar-refractivity contribution in [2.24, 2.45) is 0 Å². The number of halogens is 1. The van der Waals surface area contributed by atoms with Gasteiger partial charge in [-0.2, -0.15) is 0 Å². The summed E-state index contributed by atoms with van der Waals surface area (Å²) in [6.45, 7) is 5.33. The number of piperazine rings is 1. The second-order valence-electron chi connectivity index (χ2n) is 8.19. The molecular weight excluding hydrogens is 423 g/mol. The van der Waals surface area contributed by atoms with Crippen LogP contribution in [0.1, 0.15) is 23.0 Å². The molecule has 3 aromatic rings. The van der Waals surface area contributed by atoms with Gasteiger partial charge in [0.1, 0.15) is 11.6 Å². The predicted molar refractivity (Wildman–Crippen MR) is 125 cm³/mol. The number of benzene rings is 1. The van der Waals surface area contributed by atoms with Gasteiger partial charge in [-0.15, -0.1) is 0 Å². The minimum atomic E-state index is -0.483. The SMILES string of the molecule is COCCn1c(C)cc(O)c([C@@H](c2ccccn2)N2CCN(c3ccc(F)cc3)CC2)c1=O. The van der Waals surface area contributed by atoms with Crippen LogP contribution in [-0.4, -0.2) is 59.5 Å². The zero-order valence-corrected chi connectivity index (χ0v) is 18.9. The first-order chi connectivity index (χ1) is 16.0. The number of nitrogens with zero attached hydrogens (tertiary/aromatic N) is 4. The molecule has 0 saturated carbocycles. The Balaban J connectivity index is 1.68. The lowest BCUT2D eigenvalue weighted by molar-refractivity contribution is 0.183. The van der Waals surface area contributed by atoms with Gasteiger partial charge < -0.3 is 19.3 Å². The summed E-state index contributed by atoms with van der Waals surface area (Å²) >= 11 is 0. The number of pyridine rings is 2. The maximum atomic E-state index is 13.5. The molecule has 2 aromatic heterocycles. The van der Waals surface area contributed by atoms with E-state index in [4.69, 9.17) is 4.74 Å². The van der Waals surface area contributed by atoms with Gasteiger partial charge in [0.2, 0.25) is 0 Å². The Morgan fingerprint density at radius 3 is 2.48 bits per heavy atom. The van der Waals surface area contributed by atoms with Crippen LogP contribution >= 0.6 is 0 Å². The highest BCUT2D eigenvalue weighted by molar-refractivity contribution is 5.47. The number of methoxy groups -OCH3 is 1. The molecule has 0 spiro atoms. The molecule has 1 N–H and O–H groups in total. The van der Waals surface area contributed by atoms with Crippen LogP contribution in [0.15, 0.2) is 59.5 Å². The zero-order chi connectivity index (χ0) is 23.4. The molecule has 4 rings (SSSR count). The Hall–Kier alpha value is -3.23. The molecular formula is C25H29FN4O3. The molecule has 0 bridgehead atoms. The van der Waals surface area contributed by atoms with Gasteiger partial charge in [-0.3, -0.25) is 14.7 Å². The van der Waals surface area contributed by atoms with E-state index in [1.165, 1.54) is 12.1 Å². The van der Waals surface area contributed by atoms with Crippen LogP contribution < -0.4 is 10.5 Å².